The van der Waals surface area contributed by atoms with Crippen molar-refractivity contribution in [2.24, 2.45) is 0 Å². The van der Waals surface area contributed by atoms with E-state index in [1.807, 2.05) is 0 Å². The molecule has 3 aromatic rings. The highest BCUT2D eigenvalue weighted by molar-refractivity contribution is 7.06. The van der Waals surface area contributed by atoms with Crippen LogP contribution in [-0.4, -0.2) is 15.3 Å². The first-order valence-electron chi connectivity index (χ1n) is 7.73. The second-order valence-electron chi connectivity index (χ2n) is 5.45. The predicted molar refractivity (Wildman–Crippen MR) is 102 cm³/mol. The zero-order valence-corrected chi connectivity index (χ0v) is 15.4. The second-order valence-corrected chi connectivity index (χ2v) is 6.69. The average Bonchev–Trinajstić information content (AvgIpc) is 3.04. The molecule has 1 aromatic carbocycles. The molecule has 3 rings (SSSR count). The van der Waals surface area contributed by atoms with E-state index in [2.05, 4.69) is 20.0 Å². The fraction of sp³-hybridized carbons (Fsp3) is 0.118. The molecular formula is C17H14ClF2N5OS. The summed E-state index contributed by atoms with van der Waals surface area (Å²) >= 11 is 6.76. The molecule has 0 aliphatic heterocycles. The lowest BCUT2D eigenvalue weighted by atomic mass is 10.1. The molecule has 10 heteroatoms. The molecule has 2 aromatic heterocycles. The van der Waals surface area contributed by atoms with Gasteiger partial charge in [0.15, 0.2) is 5.69 Å². The van der Waals surface area contributed by atoms with Gasteiger partial charge in [-0.3, -0.25) is 4.79 Å². The Bertz CT molecular complexity index is 982. The number of halogens is 3. The maximum Gasteiger partial charge on any atom is 0.276 e. The maximum absolute atomic E-state index is 14.1. The third-order valence-corrected chi connectivity index (χ3v) is 4.97. The number of nitrogens with two attached hydrogens (primary N) is 1. The highest BCUT2D eigenvalue weighted by Crippen LogP contribution is 2.26. The number of hydrogen-bond acceptors (Lipinski definition) is 6. The van der Waals surface area contributed by atoms with Gasteiger partial charge in [-0.05, 0) is 41.9 Å². The Labute approximate surface area is 162 Å². The van der Waals surface area contributed by atoms with Gasteiger partial charge in [0.05, 0.1) is 15.6 Å². The Hall–Kier alpha value is -2.78. The van der Waals surface area contributed by atoms with Gasteiger partial charge >= 0.3 is 0 Å². The summed E-state index contributed by atoms with van der Waals surface area (Å²) in [5, 5.41) is 5.55. The van der Waals surface area contributed by atoms with Gasteiger partial charge in [-0.2, -0.15) is 4.37 Å². The predicted octanol–water partition coefficient (Wildman–Crippen LogP) is 4.25. The lowest BCUT2D eigenvalue weighted by Crippen LogP contribution is -2.13. The molecule has 0 atom stereocenters. The van der Waals surface area contributed by atoms with Crippen LogP contribution >= 0.6 is 23.1 Å². The van der Waals surface area contributed by atoms with E-state index in [-0.39, 0.29) is 22.1 Å². The Morgan fingerprint density at radius 1 is 1.33 bits per heavy atom. The van der Waals surface area contributed by atoms with Crippen molar-refractivity contribution < 1.29 is 13.6 Å². The molecule has 0 saturated carbocycles. The minimum Gasteiger partial charge on any atom is -0.382 e. The molecule has 0 spiro atoms. The molecule has 2 heterocycles. The van der Waals surface area contributed by atoms with Crippen molar-refractivity contribution in [1.82, 2.24) is 9.36 Å². The number of nitrogen functional groups attached to an aromatic ring is 1. The number of amides is 1. The topological polar surface area (TPSA) is 92.9 Å². The summed E-state index contributed by atoms with van der Waals surface area (Å²) in [6.07, 6.45) is 1.55. The van der Waals surface area contributed by atoms with Crippen molar-refractivity contribution in [3.8, 4) is 0 Å². The van der Waals surface area contributed by atoms with Gasteiger partial charge in [-0.15, -0.1) is 0 Å². The quantitative estimate of drug-likeness (QED) is 0.566. The van der Waals surface area contributed by atoms with Crippen LogP contribution in [0.3, 0.4) is 0 Å². The van der Waals surface area contributed by atoms with Crippen molar-refractivity contribution >= 4 is 46.2 Å². The Kier molecular flexibility index (Phi) is 5.82. The van der Waals surface area contributed by atoms with E-state index < -0.39 is 18.4 Å². The number of anilines is 3. The van der Waals surface area contributed by atoms with E-state index in [1.54, 1.807) is 18.3 Å². The number of hydrogen-bond donors (Lipinski definition) is 3. The number of nitrogens with zero attached hydrogens (tertiary/aromatic N) is 2. The van der Waals surface area contributed by atoms with E-state index in [9.17, 15) is 13.6 Å². The number of alkyl halides is 1. The zero-order chi connectivity index (χ0) is 19.4. The summed E-state index contributed by atoms with van der Waals surface area (Å²) in [7, 11) is 0. The summed E-state index contributed by atoms with van der Waals surface area (Å²) in [5.74, 6) is -0.753. The normalized spacial score (nSPS) is 10.6. The van der Waals surface area contributed by atoms with Crippen LogP contribution in [0, 0.1) is 5.82 Å². The molecular weight excluding hydrogens is 396 g/mol. The minimum atomic E-state index is -0.798. The molecule has 1 amide bonds. The molecule has 0 fully saturated rings. The number of benzene rings is 1. The number of carbonyl (C=O) groups is 1. The SMILES string of the molecule is Nc1ncccc1NCc1cc(NC(=O)c2nsc(CF)c2Cl)ccc1F. The van der Waals surface area contributed by atoms with E-state index in [0.717, 1.165) is 11.5 Å². The number of carbonyl (C=O) groups excluding carboxylic acids is 1. The molecule has 0 aliphatic carbocycles. The third-order valence-electron chi connectivity index (χ3n) is 3.65. The molecule has 140 valence electrons. The van der Waals surface area contributed by atoms with Gasteiger partial charge in [0.1, 0.15) is 18.3 Å². The van der Waals surface area contributed by atoms with Gasteiger partial charge in [0.2, 0.25) is 0 Å². The van der Waals surface area contributed by atoms with Crippen molar-refractivity contribution in [3.05, 3.63) is 63.5 Å². The van der Waals surface area contributed by atoms with Crippen molar-refractivity contribution in [3.63, 3.8) is 0 Å². The molecule has 27 heavy (non-hydrogen) atoms. The molecule has 0 bridgehead atoms. The molecule has 0 aliphatic rings. The second kappa shape index (κ2) is 8.28. The van der Waals surface area contributed by atoms with E-state index >= 15 is 0 Å². The highest BCUT2D eigenvalue weighted by Gasteiger charge is 2.19. The van der Waals surface area contributed by atoms with Gasteiger partial charge in [0, 0.05) is 24.0 Å². The molecule has 6 nitrogen and oxygen atoms in total. The molecule has 4 N–H and O–H groups in total. The van der Waals surface area contributed by atoms with Crippen LogP contribution in [0.15, 0.2) is 36.5 Å². The summed E-state index contributed by atoms with van der Waals surface area (Å²) in [6.45, 7) is -0.664. The van der Waals surface area contributed by atoms with Gasteiger partial charge in [-0.25, -0.2) is 13.8 Å². The number of nitrogens with one attached hydrogen (secondary N) is 2. The van der Waals surface area contributed by atoms with E-state index in [0.29, 0.717) is 22.8 Å². The van der Waals surface area contributed by atoms with Crippen molar-refractivity contribution in [2.75, 3.05) is 16.4 Å². The molecule has 0 radical (unpaired) electrons. The van der Waals surface area contributed by atoms with Crippen LogP contribution in [-0.2, 0) is 13.2 Å². The highest BCUT2D eigenvalue weighted by atomic mass is 35.5. The third kappa shape index (κ3) is 4.32. The fourth-order valence-electron chi connectivity index (χ4n) is 2.27. The van der Waals surface area contributed by atoms with Crippen LogP contribution < -0.4 is 16.4 Å². The van der Waals surface area contributed by atoms with Gasteiger partial charge in [0.25, 0.3) is 5.91 Å². The monoisotopic (exact) mass is 409 g/mol. The standard InChI is InChI=1S/C17H14ClF2N5OS/c18-14-13(7-19)27-25-15(14)17(26)24-10-3-4-11(20)9(6-10)8-23-12-2-1-5-22-16(12)21/h1-6,23H,7-8H2,(H2,21,22)(H,24,26). The summed E-state index contributed by atoms with van der Waals surface area (Å²) in [6, 6.07) is 7.54. The minimum absolute atomic E-state index is 0.0175. The zero-order valence-electron chi connectivity index (χ0n) is 13.8. The van der Waals surface area contributed by atoms with Crippen LogP contribution in [0.2, 0.25) is 5.02 Å². The summed E-state index contributed by atoms with van der Waals surface area (Å²) < 4.78 is 30.7. The number of rotatable bonds is 6. The Morgan fingerprint density at radius 3 is 2.85 bits per heavy atom. The number of aromatic nitrogens is 2. The summed E-state index contributed by atoms with van der Waals surface area (Å²) in [4.78, 5) is 16.4. The Balaban J connectivity index is 1.73. The van der Waals surface area contributed by atoms with Crippen molar-refractivity contribution in [2.45, 2.75) is 13.2 Å². The van der Waals surface area contributed by atoms with E-state index in [1.165, 1.54) is 18.2 Å². The van der Waals surface area contributed by atoms with Crippen molar-refractivity contribution in [1.29, 1.82) is 0 Å². The van der Waals surface area contributed by atoms with Crippen LogP contribution in [0.4, 0.5) is 26.0 Å². The molecule has 0 saturated heterocycles. The first-order valence-corrected chi connectivity index (χ1v) is 8.89. The maximum atomic E-state index is 14.1. The summed E-state index contributed by atoms with van der Waals surface area (Å²) in [5.41, 5.74) is 6.90. The first kappa shape index (κ1) is 19.0. The van der Waals surface area contributed by atoms with Crippen LogP contribution in [0.1, 0.15) is 20.9 Å². The van der Waals surface area contributed by atoms with Crippen LogP contribution in [0.5, 0.6) is 0 Å². The first-order chi connectivity index (χ1) is 13.0. The van der Waals surface area contributed by atoms with E-state index in [4.69, 9.17) is 17.3 Å². The lowest BCUT2D eigenvalue weighted by molar-refractivity contribution is 0.102. The lowest BCUT2D eigenvalue weighted by Gasteiger charge is -2.11. The number of pyridine rings is 1. The smallest absolute Gasteiger partial charge is 0.276 e. The van der Waals surface area contributed by atoms with Crippen LogP contribution in [0.25, 0.3) is 0 Å². The Morgan fingerprint density at radius 2 is 2.15 bits per heavy atom. The fourth-order valence-corrected chi connectivity index (χ4v) is 3.21. The molecule has 0 unspecified atom stereocenters. The largest absolute Gasteiger partial charge is 0.382 e. The van der Waals surface area contributed by atoms with Gasteiger partial charge < -0.3 is 16.4 Å². The average molecular weight is 410 g/mol. The van der Waals surface area contributed by atoms with Gasteiger partial charge in [-0.1, -0.05) is 11.6 Å².